The van der Waals surface area contributed by atoms with Crippen LogP contribution in [0.1, 0.15) is 163 Å². The summed E-state index contributed by atoms with van der Waals surface area (Å²) in [5.41, 5.74) is 0.406. The van der Waals surface area contributed by atoms with Crippen LogP contribution in [0, 0.1) is 17.8 Å². The van der Waals surface area contributed by atoms with E-state index in [9.17, 15) is 14.4 Å². The van der Waals surface area contributed by atoms with Crippen LogP contribution in [0.15, 0.2) is 18.2 Å². The zero-order chi connectivity index (χ0) is 30.5. The highest BCUT2D eigenvalue weighted by molar-refractivity contribution is 6.05. The maximum atomic E-state index is 13.0. The fraction of sp³-hybridized carbons (Fsp3) is 0.743. The van der Waals surface area contributed by atoms with Crippen molar-refractivity contribution in [3.63, 3.8) is 0 Å². The van der Waals surface area contributed by atoms with Crippen LogP contribution < -0.4 is 0 Å². The van der Waals surface area contributed by atoms with E-state index in [-0.39, 0.29) is 23.3 Å². The third kappa shape index (κ3) is 17.9. The molecule has 0 heterocycles. The molecule has 0 atom stereocenters. The molecule has 0 saturated carbocycles. The summed E-state index contributed by atoms with van der Waals surface area (Å²) in [7, 11) is 0. The summed E-state index contributed by atoms with van der Waals surface area (Å²) in [6.07, 6.45) is 14.6. The van der Waals surface area contributed by atoms with Crippen molar-refractivity contribution < 1.29 is 28.6 Å². The minimum Gasteiger partial charge on any atom is -0.462 e. The van der Waals surface area contributed by atoms with Crippen molar-refractivity contribution in [2.24, 2.45) is 17.8 Å². The molecule has 0 aliphatic rings. The molecule has 0 aliphatic carbocycles. The first-order valence-electron chi connectivity index (χ1n) is 16.3. The molecule has 1 aromatic rings. The maximum Gasteiger partial charge on any atom is 0.339 e. The van der Waals surface area contributed by atoms with Gasteiger partial charge in [0.05, 0.1) is 36.5 Å². The van der Waals surface area contributed by atoms with Crippen molar-refractivity contribution in [1.29, 1.82) is 0 Å². The Morgan fingerprint density at radius 3 is 1.32 bits per heavy atom. The van der Waals surface area contributed by atoms with Gasteiger partial charge in [-0.15, -0.1) is 0 Å². The lowest BCUT2D eigenvalue weighted by atomic mass is 10.0. The molecule has 0 fully saturated rings. The van der Waals surface area contributed by atoms with Gasteiger partial charge in [-0.2, -0.15) is 0 Å². The van der Waals surface area contributed by atoms with Crippen LogP contribution in [-0.2, 0) is 14.2 Å². The van der Waals surface area contributed by atoms with Crippen LogP contribution in [0.5, 0.6) is 0 Å². The number of carbonyl (C=O) groups excluding carboxylic acids is 3. The van der Waals surface area contributed by atoms with E-state index in [0.717, 1.165) is 76.5 Å². The molecule has 0 aliphatic heterocycles. The molecule has 6 nitrogen and oxygen atoms in total. The number of unbranched alkanes of at least 4 members (excludes halogenated alkanes) is 8. The van der Waals surface area contributed by atoms with E-state index in [1.54, 1.807) is 0 Å². The highest BCUT2D eigenvalue weighted by Crippen LogP contribution is 2.18. The van der Waals surface area contributed by atoms with E-state index < -0.39 is 17.9 Å². The Kier molecular flexibility index (Phi) is 19.9. The summed E-state index contributed by atoms with van der Waals surface area (Å²) in [5, 5.41) is 0. The average Bonchev–Trinajstić information content (AvgIpc) is 2.92. The van der Waals surface area contributed by atoms with E-state index in [1.807, 2.05) is 0 Å². The van der Waals surface area contributed by atoms with Gasteiger partial charge in [0.2, 0.25) is 0 Å². The molecule has 0 spiro atoms. The predicted octanol–water partition coefficient (Wildman–Crippen LogP) is 9.59. The molecule has 41 heavy (non-hydrogen) atoms. The Balaban J connectivity index is 2.72. The third-order valence-electron chi connectivity index (χ3n) is 7.17. The third-order valence-corrected chi connectivity index (χ3v) is 7.17. The zero-order valence-corrected chi connectivity index (χ0v) is 26.9. The SMILES string of the molecule is CC(C)CCCCCCCOC(=O)c1ccc(C(=O)OCCCCCC(C)C)cc1C(=O)OCCCCCC(C)C. The minimum atomic E-state index is -0.616. The van der Waals surface area contributed by atoms with Crippen molar-refractivity contribution in [2.45, 2.75) is 131 Å². The van der Waals surface area contributed by atoms with Crippen LogP contribution in [0.3, 0.4) is 0 Å². The smallest absolute Gasteiger partial charge is 0.339 e. The fourth-order valence-electron chi connectivity index (χ4n) is 4.60. The lowest BCUT2D eigenvalue weighted by molar-refractivity contribution is 0.0447. The minimum absolute atomic E-state index is 0.0530. The van der Waals surface area contributed by atoms with Crippen LogP contribution in [0.4, 0.5) is 0 Å². The quantitative estimate of drug-likeness (QED) is 0.0735. The predicted molar refractivity (Wildman–Crippen MR) is 166 cm³/mol. The van der Waals surface area contributed by atoms with Crippen LogP contribution in [0.2, 0.25) is 0 Å². The average molecular weight is 575 g/mol. The van der Waals surface area contributed by atoms with Crippen molar-refractivity contribution in [3.8, 4) is 0 Å². The normalized spacial score (nSPS) is 11.3. The number of hydrogen-bond donors (Lipinski definition) is 0. The molecule has 6 heteroatoms. The maximum absolute atomic E-state index is 13.0. The van der Waals surface area contributed by atoms with Gasteiger partial charge in [-0.05, 0) is 55.2 Å². The molecular formula is C35H58O6. The van der Waals surface area contributed by atoms with E-state index in [1.165, 1.54) is 37.5 Å². The summed E-state index contributed by atoms with van der Waals surface area (Å²) in [5.74, 6) is 0.357. The molecule has 0 amide bonds. The van der Waals surface area contributed by atoms with Gasteiger partial charge in [0.25, 0.3) is 0 Å². The van der Waals surface area contributed by atoms with Gasteiger partial charge < -0.3 is 14.2 Å². The molecule has 234 valence electrons. The van der Waals surface area contributed by atoms with Crippen LogP contribution >= 0.6 is 0 Å². The Bertz CT molecular complexity index is 873. The molecule has 0 bridgehead atoms. The summed E-state index contributed by atoms with van der Waals surface area (Å²) in [4.78, 5) is 38.6. The van der Waals surface area contributed by atoms with Crippen molar-refractivity contribution in [1.82, 2.24) is 0 Å². The first-order valence-corrected chi connectivity index (χ1v) is 16.3. The highest BCUT2D eigenvalue weighted by atomic mass is 16.5. The number of rotatable bonds is 23. The van der Waals surface area contributed by atoms with Gasteiger partial charge in [-0.3, -0.25) is 0 Å². The monoisotopic (exact) mass is 574 g/mol. The molecule has 0 N–H and O–H groups in total. The summed E-state index contributed by atoms with van der Waals surface area (Å²) < 4.78 is 16.4. The Hall–Kier alpha value is -2.37. The van der Waals surface area contributed by atoms with Gasteiger partial charge in [0.15, 0.2) is 0 Å². The first-order chi connectivity index (χ1) is 19.6. The van der Waals surface area contributed by atoms with Crippen LogP contribution in [-0.4, -0.2) is 37.7 Å². The molecule has 0 unspecified atom stereocenters. The Morgan fingerprint density at radius 2 is 0.854 bits per heavy atom. The molecule has 0 radical (unpaired) electrons. The second-order valence-corrected chi connectivity index (χ2v) is 12.6. The van der Waals surface area contributed by atoms with Crippen molar-refractivity contribution in [3.05, 3.63) is 34.9 Å². The lowest BCUT2D eigenvalue weighted by Gasteiger charge is -2.12. The standard InChI is InChI=1S/C35H58O6/c1-27(2)18-12-8-7-9-15-24-40-34(37)31-22-21-30(33(36)39-23-16-10-13-19-28(3)4)26-32(31)35(38)41-25-17-11-14-20-29(5)6/h21-22,26-29H,7-20,23-25H2,1-6H3. The van der Waals surface area contributed by atoms with Gasteiger partial charge in [-0.1, -0.05) is 112 Å². The van der Waals surface area contributed by atoms with E-state index in [2.05, 4.69) is 41.5 Å². The first kappa shape index (κ1) is 36.7. The Morgan fingerprint density at radius 1 is 0.488 bits per heavy atom. The molecular weight excluding hydrogens is 516 g/mol. The largest absolute Gasteiger partial charge is 0.462 e. The van der Waals surface area contributed by atoms with Crippen molar-refractivity contribution >= 4 is 17.9 Å². The molecule has 1 aromatic carbocycles. The Labute approximate surface area is 250 Å². The number of hydrogen-bond acceptors (Lipinski definition) is 6. The zero-order valence-electron chi connectivity index (χ0n) is 26.9. The number of esters is 3. The topological polar surface area (TPSA) is 78.9 Å². The summed E-state index contributed by atoms with van der Waals surface area (Å²) in [6, 6.07) is 4.41. The molecule has 0 aromatic heterocycles. The van der Waals surface area contributed by atoms with E-state index in [4.69, 9.17) is 14.2 Å². The van der Waals surface area contributed by atoms with E-state index in [0.29, 0.717) is 25.0 Å². The highest BCUT2D eigenvalue weighted by Gasteiger charge is 2.22. The lowest BCUT2D eigenvalue weighted by Crippen LogP contribution is -2.17. The van der Waals surface area contributed by atoms with Crippen LogP contribution in [0.25, 0.3) is 0 Å². The van der Waals surface area contributed by atoms with Gasteiger partial charge in [0.1, 0.15) is 0 Å². The second kappa shape index (κ2) is 22.3. The number of benzene rings is 1. The van der Waals surface area contributed by atoms with E-state index >= 15 is 0 Å². The second-order valence-electron chi connectivity index (χ2n) is 12.6. The summed E-state index contributed by atoms with van der Waals surface area (Å²) in [6.45, 7) is 14.2. The molecule has 1 rings (SSSR count). The molecule has 0 saturated heterocycles. The number of ether oxygens (including phenoxy) is 3. The fourth-order valence-corrected chi connectivity index (χ4v) is 4.60. The number of carbonyl (C=O) groups is 3. The van der Waals surface area contributed by atoms with Gasteiger partial charge in [0, 0.05) is 0 Å². The summed E-state index contributed by atoms with van der Waals surface area (Å²) >= 11 is 0. The van der Waals surface area contributed by atoms with Gasteiger partial charge >= 0.3 is 17.9 Å². The van der Waals surface area contributed by atoms with Gasteiger partial charge in [-0.25, -0.2) is 14.4 Å². The van der Waals surface area contributed by atoms with Crippen molar-refractivity contribution in [2.75, 3.05) is 19.8 Å².